The molecule has 0 aliphatic carbocycles. The van der Waals surface area contributed by atoms with Gasteiger partial charge in [0, 0.05) is 0 Å². The second-order valence-electron chi connectivity index (χ2n) is 3.42. The topological polar surface area (TPSA) is 46.5 Å². The number of halogens is 4. The van der Waals surface area contributed by atoms with Gasteiger partial charge in [-0.25, -0.2) is 9.18 Å². The van der Waals surface area contributed by atoms with Gasteiger partial charge in [0.25, 0.3) is 0 Å². The summed E-state index contributed by atoms with van der Waals surface area (Å²) in [6.07, 6.45) is -2.39. The van der Waals surface area contributed by atoms with Crippen LogP contribution in [0.15, 0.2) is 22.7 Å². The Balaban J connectivity index is 3.01. The average molecular weight is 327 g/mol. The largest absolute Gasteiger partial charge is 0.461 e. The number of aliphatic hydroxyl groups excluding tert-OH is 1. The molecule has 3 nitrogen and oxygen atoms in total. The van der Waals surface area contributed by atoms with E-state index in [0.29, 0.717) is 0 Å². The normalized spacial score (nSPS) is 13.2. The van der Waals surface area contributed by atoms with Crippen LogP contribution in [0, 0.1) is 5.82 Å². The molecule has 0 aromatic heterocycles. The number of carbonyl (C=O) groups excluding carboxylic acids is 1. The van der Waals surface area contributed by atoms with Crippen molar-refractivity contribution in [2.45, 2.75) is 19.0 Å². The standard InChI is InChI=1S/C11H10BrF3O3/c1-2-18-10(17)11(14,15)9(16)6-3-4-8(13)7(12)5-6/h3-5,9,16H,2H2,1H3. The molecule has 0 aliphatic heterocycles. The summed E-state index contributed by atoms with van der Waals surface area (Å²) < 4.78 is 44.0. The lowest BCUT2D eigenvalue weighted by atomic mass is 10.0. The average Bonchev–Trinajstić information content (AvgIpc) is 2.32. The van der Waals surface area contributed by atoms with Crippen LogP contribution >= 0.6 is 15.9 Å². The van der Waals surface area contributed by atoms with Crippen LogP contribution in [-0.4, -0.2) is 23.6 Å². The molecule has 1 N–H and O–H groups in total. The van der Waals surface area contributed by atoms with E-state index in [1.165, 1.54) is 6.92 Å². The minimum Gasteiger partial charge on any atom is -0.461 e. The fraction of sp³-hybridized carbons (Fsp3) is 0.364. The molecule has 7 heteroatoms. The molecule has 0 saturated carbocycles. The fourth-order valence-electron chi connectivity index (χ4n) is 1.23. The van der Waals surface area contributed by atoms with Crippen LogP contribution in [0.5, 0.6) is 0 Å². The first kappa shape index (κ1) is 15.0. The fourth-order valence-corrected chi connectivity index (χ4v) is 1.63. The van der Waals surface area contributed by atoms with Gasteiger partial charge in [0.2, 0.25) is 0 Å². The van der Waals surface area contributed by atoms with Crippen molar-refractivity contribution in [3.05, 3.63) is 34.1 Å². The highest BCUT2D eigenvalue weighted by atomic mass is 79.9. The number of carbonyl (C=O) groups is 1. The Morgan fingerprint density at radius 3 is 2.67 bits per heavy atom. The van der Waals surface area contributed by atoms with Gasteiger partial charge in [0.1, 0.15) is 5.82 Å². The molecule has 0 spiro atoms. The number of hydrogen-bond acceptors (Lipinski definition) is 3. The van der Waals surface area contributed by atoms with E-state index in [1.54, 1.807) is 0 Å². The minimum absolute atomic E-state index is 0.0845. The number of rotatable bonds is 4. The second kappa shape index (κ2) is 5.71. The summed E-state index contributed by atoms with van der Waals surface area (Å²) in [6.45, 7) is 1.14. The van der Waals surface area contributed by atoms with Crippen molar-refractivity contribution in [2.75, 3.05) is 6.61 Å². The Kier molecular flexibility index (Phi) is 4.75. The lowest BCUT2D eigenvalue weighted by molar-refractivity contribution is -0.189. The summed E-state index contributed by atoms with van der Waals surface area (Å²) in [5.41, 5.74) is -0.290. The quantitative estimate of drug-likeness (QED) is 0.865. The number of esters is 1. The lowest BCUT2D eigenvalue weighted by Gasteiger charge is -2.21. The van der Waals surface area contributed by atoms with E-state index in [1.807, 2.05) is 0 Å². The second-order valence-corrected chi connectivity index (χ2v) is 4.27. The highest BCUT2D eigenvalue weighted by Gasteiger charge is 2.49. The molecule has 1 atom stereocenters. The van der Waals surface area contributed by atoms with Gasteiger partial charge >= 0.3 is 11.9 Å². The maximum absolute atomic E-state index is 13.5. The van der Waals surface area contributed by atoms with Crippen molar-refractivity contribution in [2.24, 2.45) is 0 Å². The number of aliphatic hydroxyl groups is 1. The first-order valence-corrected chi connectivity index (χ1v) is 5.78. The van der Waals surface area contributed by atoms with E-state index in [-0.39, 0.29) is 16.6 Å². The van der Waals surface area contributed by atoms with Crippen LogP contribution < -0.4 is 0 Å². The van der Waals surface area contributed by atoms with Gasteiger partial charge in [-0.2, -0.15) is 8.78 Å². The molecule has 0 saturated heterocycles. The van der Waals surface area contributed by atoms with Gasteiger partial charge in [0.15, 0.2) is 6.10 Å². The van der Waals surface area contributed by atoms with Crippen LogP contribution in [0.1, 0.15) is 18.6 Å². The van der Waals surface area contributed by atoms with Crippen molar-refractivity contribution in [1.29, 1.82) is 0 Å². The third-order valence-corrected chi connectivity index (χ3v) is 2.76. The molecule has 1 aromatic carbocycles. The molecule has 1 aromatic rings. The Morgan fingerprint density at radius 1 is 1.56 bits per heavy atom. The van der Waals surface area contributed by atoms with Crippen molar-refractivity contribution < 1.29 is 27.8 Å². The molecule has 100 valence electrons. The van der Waals surface area contributed by atoms with Crippen LogP contribution in [0.25, 0.3) is 0 Å². The first-order valence-electron chi connectivity index (χ1n) is 4.98. The zero-order valence-electron chi connectivity index (χ0n) is 9.29. The number of benzene rings is 1. The first-order chi connectivity index (χ1) is 8.30. The summed E-state index contributed by atoms with van der Waals surface area (Å²) in [5.74, 6) is -6.57. The van der Waals surface area contributed by atoms with Crippen molar-refractivity contribution >= 4 is 21.9 Å². The maximum atomic E-state index is 13.5. The molecular formula is C11H10BrF3O3. The van der Waals surface area contributed by atoms with E-state index in [0.717, 1.165) is 18.2 Å². The molecule has 1 unspecified atom stereocenters. The molecule has 0 aliphatic rings. The maximum Gasteiger partial charge on any atom is 0.380 e. The van der Waals surface area contributed by atoms with Crippen LogP contribution in [0.3, 0.4) is 0 Å². The van der Waals surface area contributed by atoms with Crippen LogP contribution in [0.4, 0.5) is 13.2 Å². The smallest absolute Gasteiger partial charge is 0.380 e. The third kappa shape index (κ3) is 3.02. The molecule has 0 bridgehead atoms. The zero-order chi connectivity index (χ0) is 13.9. The summed E-state index contributed by atoms with van der Waals surface area (Å²) >= 11 is 2.80. The molecular weight excluding hydrogens is 317 g/mol. The van der Waals surface area contributed by atoms with Crippen molar-refractivity contribution in [3.63, 3.8) is 0 Å². The van der Waals surface area contributed by atoms with Crippen molar-refractivity contribution in [1.82, 2.24) is 0 Å². The summed E-state index contributed by atoms with van der Waals surface area (Å²) in [4.78, 5) is 11.0. The van der Waals surface area contributed by atoms with E-state index >= 15 is 0 Å². The lowest BCUT2D eigenvalue weighted by Crippen LogP contribution is -2.37. The Labute approximate surface area is 110 Å². The van der Waals surface area contributed by atoms with Gasteiger partial charge in [-0.05, 0) is 40.5 Å². The van der Waals surface area contributed by atoms with Gasteiger partial charge in [-0.1, -0.05) is 6.07 Å². The predicted molar refractivity (Wildman–Crippen MR) is 60.6 cm³/mol. The molecule has 18 heavy (non-hydrogen) atoms. The third-order valence-electron chi connectivity index (χ3n) is 2.15. The molecule has 0 heterocycles. The summed E-state index contributed by atoms with van der Waals surface area (Å²) in [7, 11) is 0. The zero-order valence-corrected chi connectivity index (χ0v) is 10.9. The number of alkyl halides is 2. The number of hydrogen-bond donors (Lipinski definition) is 1. The SMILES string of the molecule is CCOC(=O)C(F)(F)C(O)c1ccc(F)c(Br)c1. The van der Waals surface area contributed by atoms with Crippen LogP contribution in [-0.2, 0) is 9.53 Å². The molecule has 0 amide bonds. The summed E-state index contributed by atoms with van der Waals surface area (Å²) in [5, 5.41) is 9.47. The van der Waals surface area contributed by atoms with Crippen molar-refractivity contribution in [3.8, 4) is 0 Å². The van der Waals surface area contributed by atoms with E-state index < -0.39 is 23.8 Å². The molecule has 0 fully saturated rings. The highest BCUT2D eigenvalue weighted by Crippen LogP contribution is 2.34. The minimum atomic E-state index is -4.09. The Morgan fingerprint density at radius 2 is 2.17 bits per heavy atom. The van der Waals surface area contributed by atoms with Gasteiger partial charge in [-0.15, -0.1) is 0 Å². The van der Waals surface area contributed by atoms with Gasteiger partial charge < -0.3 is 9.84 Å². The summed E-state index contributed by atoms with van der Waals surface area (Å²) in [6, 6.07) is 2.86. The van der Waals surface area contributed by atoms with Gasteiger partial charge in [-0.3, -0.25) is 0 Å². The van der Waals surface area contributed by atoms with Gasteiger partial charge in [0.05, 0.1) is 11.1 Å². The predicted octanol–water partition coefficient (Wildman–Crippen LogP) is 2.82. The Bertz CT molecular complexity index is 451. The highest BCUT2D eigenvalue weighted by molar-refractivity contribution is 9.10. The van der Waals surface area contributed by atoms with E-state index in [9.17, 15) is 23.1 Å². The van der Waals surface area contributed by atoms with E-state index in [4.69, 9.17) is 0 Å². The number of ether oxygens (including phenoxy) is 1. The Hall–Kier alpha value is -1.08. The molecule has 1 rings (SSSR count). The molecule has 0 radical (unpaired) electrons. The van der Waals surface area contributed by atoms with E-state index in [2.05, 4.69) is 20.7 Å². The van der Waals surface area contributed by atoms with Crippen LogP contribution in [0.2, 0.25) is 0 Å². The monoisotopic (exact) mass is 326 g/mol.